The second-order valence-corrected chi connectivity index (χ2v) is 8.40. The van der Waals surface area contributed by atoms with Gasteiger partial charge in [-0.05, 0) is 70.2 Å². The number of para-hydroxylation sites is 1. The van der Waals surface area contributed by atoms with E-state index in [-0.39, 0.29) is 11.7 Å². The highest BCUT2D eigenvalue weighted by Crippen LogP contribution is 2.38. The van der Waals surface area contributed by atoms with E-state index in [2.05, 4.69) is 21.0 Å². The number of benzene rings is 2. The van der Waals surface area contributed by atoms with Crippen LogP contribution in [-0.4, -0.2) is 24.7 Å². The lowest BCUT2D eigenvalue weighted by molar-refractivity contribution is -0.114. The Morgan fingerprint density at radius 1 is 1.16 bits per heavy atom. The second-order valence-electron chi connectivity index (χ2n) is 6.60. The normalized spacial score (nSPS) is 14.7. The summed E-state index contributed by atoms with van der Waals surface area (Å²) in [5.74, 6) is -0.0391. The number of rotatable bonds is 5. The molecule has 1 amide bonds. The summed E-state index contributed by atoms with van der Waals surface area (Å²) in [5.41, 5.74) is 2.48. The van der Waals surface area contributed by atoms with E-state index in [1.54, 1.807) is 42.6 Å². The largest absolute Gasteiger partial charge is 0.493 e. The number of ether oxygens (including phenoxy) is 2. The molecule has 0 spiro atoms. The molecule has 0 saturated heterocycles. The predicted molar refractivity (Wildman–Crippen MR) is 125 cm³/mol. The molecule has 156 valence electrons. The van der Waals surface area contributed by atoms with Gasteiger partial charge in [-0.3, -0.25) is 4.79 Å². The minimum absolute atomic E-state index is 0.216. The molecule has 2 heterocycles. The number of halogens is 1. The van der Waals surface area contributed by atoms with Crippen LogP contribution in [0, 0.1) is 0 Å². The molecule has 0 saturated carbocycles. The van der Waals surface area contributed by atoms with Crippen LogP contribution in [0.3, 0.4) is 0 Å². The predicted octanol–water partition coefficient (Wildman–Crippen LogP) is 5.54. The molecule has 0 N–H and O–H groups in total. The molecule has 0 unspecified atom stereocenters. The van der Waals surface area contributed by atoms with E-state index in [9.17, 15) is 9.59 Å². The zero-order valence-electron chi connectivity index (χ0n) is 16.7. The standard InChI is InChI=1S/C23H17BrN2O4S/c1-14-17(22(27)26(25-14)16-7-4-3-5-8-16)11-15-12-18(24)21(19(13-15)29-2)30-23(28)20-9-6-10-31-20/h3-13H,1-2H3/b17-11-. The van der Waals surface area contributed by atoms with Gasteiger partial charge in [-0.2, -0.15) is 10.1 Å². The average molecular weight is 497 g/mol. The first-order valence-electron chi connectivity index (χ1n) is 9.28. The Bertz CT molecular complexity index is 1200. The molecule has 6 nitrogen and oxygen atoms in total. The molecule has 8 heteroatoms. The Labute approximate surface area is 191 Å². The van der Waals surface area contributed by atoms with Crippen LogP contribution in [0.5, 0.6) is 11.5 Å². The van der Waals surface area contributed by atoms with E-state index in [0.717, 1.165) is 0 Å². The average Bonchev–Trinajstić information content (AvgIpc) is 3.40. The van der Waals surface area contributed by atoms with Gasteiger partial charge in [0, 0.05) is 0 Å². The van der Waals surface area contributed by atoms with Gasteiger partial charge < -0.3 is 9.47 Å². The number of hydrogen-bond donors (Lipinski definition) is 0. The summed E-state index contributed by atoms with van der Waals surface area (Å²) < 4.78 is 11.5. The third-order valence-electron chi connectivity index (χ3n) is 4.54. The Morgan fingerprint density at radius 3 is 2.61 bits per heavy atom. The van der Waals surface area contributed by atoms with Gasteiger partial charge >= 0.3 is 5.97 Å². The van der Waals surface area contributed by atoms with Gasteiger partial charge in [0.1, 0.15) is 4.88 Å². The molecule has 31 heavy (non-hydrogen) atoms. The number of amides is 1. The number of carbonyl (C=O) groups excluding carboxylic acids is 2. The van der Waals surface area contributed by atoms with Crippen molar-refractivity contribution in [3.8, 4) is 11.5 Å². The molecule has 0 bridgehead atoms. The fourth-order valence-corrected chi connectivity index (χ4v) is 4.19. The van der Waals surface area contributed by atoms with Gasteiger partial charge in [-0.1, -0.05) is 24.3 Å². The number of esters is 1. The number of carbonyl (C=O) groups is 2. The SMILES string of the molecule is COc1cc(/C=C2\C(=O)N(c3ccccc3)N=C2C)cc(Br)c1OC(=O)c1cccs1. The summed E-state index contributed by atoms with van der Waals surface area (Å²) in [5, 5.41) is 7.57. The lowest BCUT2D eigenvalue weighted by Crippen LogP contribution is -2.21. The monoisotopic (exact) mass is 496 g/mol. The third-order valence-corrected chi connectivity index (χ3v) is 5.98. The Hall–Kier alpha value is -3.23. The molecule has 1 aliphatic heterocycles. The fraction of sp³-hybridized carbons (Fsp3) is 0.0870. The summed E-state index contributed by atoms with van der Waals surface area (Å²) in [4.78, 5) is 25.8. The molecule has 0 atom stereocenters. The van der Waals surface area contributed by atoms with Crippen LogP contribution in [0.1, 0.15) is 22.2 Å². The van der Waals surface area contributed by atoms with Crippen molar-refractivity contribution in [3.63, 3.8) is 0 Å². The van der Waals surface area contributed by atoms with Crippen LogP contribution >= 0.6 is 27.3 Å². The minimum Gasteiger partial charge on any atom is -0.493 e. The number of anilines is 1. The highest BCUT2D eigenvalue weighted by Gasteiger charge is 2.29. The summed E-state index contributed by atoms with van der Waals surface area (Å²) in [7, 11) is 1.49. The van der Waals surface area contributed by atoms with Crippen molar-refractivity contribution >= 4 is 56.6 Å². The maximum atomic E-state index is 12.9. The molecule has 1 aliphatic rings. The van der Waals surface area contributed by atoms with Gasteiger partial charge in [0.15, 0.2) is 11.5 Å². The van der Waals surface area contributed by atoms with Gasteiger partial charge in [0.25, 0.3) is 5.91 Å². The quantitative estimate of drug-likeness (QED) is 0.264. The van der Waals surface area contributed by atoms with Crippen molar-refractivity contribution in [1.29, 1.82) is 0 Å². The van der Waals surface area contributed by atoms with Crippen molar-refractivity contribution in [2.45, 2.75) is 6.92 Å². The lowest BCUT2D eigenvalue weighted by atomic mass is 10.1. The maximum Gasteiger partial charge on any atom is 0.353 e. The number of thiophene rings is 1. The molecule has 3 aromatic rings. The van der Waals surface area contributed by atoms with E-state index >= 15 is 0 Å². The van der Waals surface area contributed by atoms with Crippen molar-refractivity contribution in [2.24, 2.45) is 5.10 Å². The van der Waals surface area contributed by atoms with E-state index < -0.39 is 5.97 Å². The Morgan fingerprint density at radius 2 is 1.94 bits per heavy atom. The van der Waals surface area contributed by atoms with Crippen molar-refractivity contribution in [3.05, 3.63) is 80.5 Å². The third kappa shape index (κ3) is 4.30. The fourth-order valence-electron chi connectivity index (χ4n) is 3.06. The summed E-state index contributed by atoms with van der Waals surface area (Å²) >= 11 is 4.75. The smallest absolute Gasteiger partial charge is 0.353 e. The van der Waals surface area contributed by atoms with E-state index in [1.165, 1.54) is 23.5 Å². The van der Waals surface area contributed by atoms with Gasteiger partial charge in [0.05, 0.1) is 28.6 Å². The van der Waals surface area contributed by atoms with E-state index in [1.807, 2.05) is 30.3 Å². The molecule has 1 aromatic heterocycles. The van der Waals surface area contributed by atoms with Crippen LogP contribution in [0.25, 0.3) is 6.08 Å². The molecule has 2 aromatic carbocycles. The molecular formula is C23H17BrN2O4S. The van der Waals surface area contributed by atoms with Crippen LogP contribution in [0.4, 0.5) is 5.69 Å². The summed E-state index contributed by atoms with van der Waals surface area (Å²) in [6.07, 6.45) is 1.74. The van der Waals surface area contributed by atoms with Crippen molar-refractivity contribution in [2.75, 3.05) is 12.1 Å². The second kappa shape index (κ2) is 8.87. The maximum absolute atomic E-state index is 12.9. The van der Waals surface area contributed by atoms with E-state index in [4.69, 9.17) is 9.47 Å². The Balaban J connectivity index is 1.64. The summed E-state index contributed by atoms with van der Waals surface area (Å²) in [6, 6.07) is 16.2. The molecular weight excluding hydrogens is 480 g/mol. The highest BCUT2D eigenvalue weighted by molar-refractivity contribution is 9.10. The molecule has 0 aliphatic carbocycles. The van der Waals surface area contributed by atoms with Crippen LogP contribution in [0.15, 0.2) is 75.1 Å². The van der Waals surface area contributed by atoms with E-state index in [0.29, 0.717) is 37.6 Å². The number of nitrogens with zero attached hydrogens (tertiary/aromatic N) is 2. The molecule has 0 radical (unpaired) electrons. The van der Waals surface area contributed by atoms with Crippen molar-refractivity contribution < 1.29 is 19.1 Å². The first-order valence-corrected chi connectivity index (χ1v) is 10.9. The zero-order chi connectivity index (χ0) is 22.0. The summed E-state index contributed by atoms with van der Waals surface area (Å²) in [6.45, 7) is 1.79. The minimum atomic E-state index is -0.465. The number of methoxy groups -OCH3 is 1. The highest BCUT2D eigenvalue weighted by atomic mass is 79.9. The first kappa shape index (κ1) is 21.0. The van der Waals surface area contributed by atoms with Crippen LogP contribution in [-0.2, 0) is 4.79 Å². The van der Waals surface area contributed by atoms with Gasteiger partial charge in [-0.15, -0.1) is 11.3 Å². The van der Waals surface area contributed by atoms with Crippen LogP contribution in [0.2, 0.25) is 0 Å². The first-order chi connectivity index (χ1) is 15.0. The topological polar surface area (TPSA) is 68.2 Å². The van der Waals surface area contributed by atoms with Gasteiger partial charge in [0.2, 0.25) is 0 Å². The lowest BCUT2D eigenvalue weighted by Gasteiger charge is -2.13. The zero-order valence-corrected chi connectivity index (χ0v) is 19.1. The number of hydrogen-bond acceptors (Lipinski definition) is 6. The number of hydrazone groups is 1. The van der Waals surface area contributed by atoms with Gasteiger partial charge in [-0.25, -0.2) is 4.79 Å². The molecule has 0 fully saturated rings. The van der Waals surface area contributed by atoms with Crippen molar-refractivity contribution in [1.82, 2.24) is 0 Å². The van der Waals surface area contributed by atoms with Crippen LogP contribution < -0.4 is 14.5 Å². The molecule has 4 rings (SSSR count). The Kier molecular flexibility index (Phi) is 6.01.